The first-order valence-corrected chi connectivity index (χ1v) is 11.2. The molecular weight excluding hydrogens is 538 g/mol. The van der Waals surface area contributed by atoms with Crippen LogP contribution in [0.2, 0.25) is 20.1 Å². The van der Waals surface area contributed by atoms with Gasteiger partial charge in [0, 0.05) is 20.1 Å². The van der Waals surface area contributed by atoms with E-state index in [1.165, 1.54) is 0 Å². The lowest BCUT2D eigenvalue weighted by Crippen LogP contribution is -2.47. The van der Waals surface area contributed by atoms with E-state index in [-0.39, 0.29) is 19.8 Å². The smallest absolute Gasteiger partial charge is 0.190 e. The molecule has 1 unspecified atom stereocenters. The van der Waals surface area contributed by atoms with E-state index < -0.39 is 22.8 Å². The number of hydrogen-bond donors (Lipinski definition) is 1. The normalized spacial score (nSPS) is 26.0. The van der Waals surface area contributed by atoms with E-state index in [0.29, 0.717) is 25.7 Å². The molecule has 0 saturated carbocycles. The molecule has 0 spiro atoms. The zero-order chi connectivity index (χ0) is 21.9. The molecule has 9 heteroatoms. The molecule has 2 aromatic carbocycles. The molecule has 1 heterocycles. The van der Waals surface area contributed by atoms with Crippen molar-refractivity contribution in [2.75, 3.05) is 6.61 Å². The Labute approximate surface area is 203 Å². The van der Waals surface area contributed by atoms with Gasteiger partial charge in [-0.15, -0.1) is 6.42 Å². The predicted octanol–water partition coefficient (Wildman–Crippen LogP) is 5.89. The molecule has 1 saturated heterocycles. The summed E-state index contributed by atoms with van der Waals surface area (Å²) in [5.74, 6) is 2.37. The number of alkyl halides is 1. The second kappa shape index (κ2) is 10.4. The highest BCUT2D eigenvalue weighted by atomic mass is 79.9. The third kappa shape index (κ3) is 5.45. The van der Waals surface area contributed by atoms with Crippen LogP contribution in [0.1, 0.15) is 11.1 Å². The Morgan fingerprint density at radius 1 is 1.03 bits per heavy atom. The fourth-order valence-corrected chi connectivity index (χ4v) is 4.59. The van der Waals surface area contributed by atoms with E-state index in [1.54, 1.807) is 36.4 Å². The zero-order valence-corrected chi connectivity index (χ0v) is 20.1. The van der Waals surface area contributed by atoms with E-state index in [2.05, 4.69) is 21.9 Å². The molecule has 160 valence electrons. The van der Waals surface area contributed by atoms with Crippen LogP contribution in [-0.4, -0.2) is 34.5 Å². The number of terminal acetylenes is 1. The van der Waals surface area contributed by atoms with Crippen molar-refractivity contribution in [3.63, 3.8) is 0 Å². The highest BCUT2D eigenvalue weighted by Crippen LogP contribution is 2.37. The summed E-state index contributed by atoms with van der Waals surface area (Å²) in [5.41, 5.74) is -0.219. The van der Waals surface area contributed by atoms with Gasteiger partial charge in [-0.05, 0) is 35.4 Å². The largest absolute Gasteiger partial charge is 0.374 e. The van der Waals surface area contributed by atoms with Crippen molar-refractivity contribution in [3.8, 4) is 12.3 Å². The Morgan fingerprint density at radius 2 is 1.60 bits per heavy atom. The van der Waals surface area contributed by atoms with Gasteiger partial charge in [0.1, 0.15) is 12.2 Å². The SMILES string of the molecule is C#C[C@]1(O)C(Br)O[C@H](COCc2ccc(Cl)cc2Cl)[C@H]1OCc1ccc(Cl)cc1Cl. The van der Waals surface area contributed by atoms with E-state index in [9.17, 15) is 5.11 Å². The van der Waals surface area contributed by atoms with Crippen molar-refractivity contribution >= 4 is 62.3 Å². The maximum atomic E-state index is 10.9. The van der Waals surface area contributed by atoms with Gasteiger partial charge >= 0.3 is 0 Å². The summed E-state index contributed by atoms with van der Waals surface area (Å²) in [6.07, 6.45) is 4.09. The summed E-state index contributed by atoms with van der Waals surface area (Å²) in [6.45, 7) is 0.449. The summed E-state index contributed by atoms with van der Waals surface area (Å²) in [7, 11) is 0. The topological polar surface area (TPSA) is 47.9 Å². The predicted molar refractivity (Wildman–Crippen MR) is 123 cm³/mol. The Bertz CT molecular complexity index is 951. The van der Waals surface area contributed by atoms with Gasteiger partial charge in [-0.25, -0.2) is 0 Å². The Kier molecular flexibility index (Phi) is 8.36. The quantitative estimate of drug-likeness (QED) is 0.343. The molecule has 1 aliphatic rings. The second-order valence-electron chi connectivity index (χ2n) is 6.68. The van der Waals surface area contributed by atoms with Crippen molar-refractivity contribution in [2.24, 2.45) is 0 Å². The Morgan fingerprint density at radius 3 is 2.13 bits per heavy atom. The summed E-state index contributed by atoms with van der Waals surface area (Å²) in [6, 6.07) is 10.2. The third-order valence-corrected chi connectivity index (χ3v) is 6.72. The Balaban J connectivity index is 1.68. The molecule has 4 atom stereocenters. The molecule has 1 aliphatic heterocycles. The minimum atomic E-state index is -1.69. The minimum absolute atomic E-state index is 0.104. The van der Waals surface area contributed by atoms with E-state index in [0.717, 1.165) is 5.56 Å². The van der Waals surface area contributed by atoms with Crippen LogP contribution >= 0.6 is 62.3 Å². The number of ether oxygens (including phenoxy) is 3. The maximum absolute atomic E-state index is 10.9. The molecule has 0 amide bonds. The van der Waals surface area contributed by atoms with Crippen molar-refractivity contribution < 1.29 is 19.3 Å². The molecule has 2 aromatic rings. The average molecular weight is 555 g/mol. The minimum Gasteiger partial charge on any atom is -0.374 e. The number of aliphatic hydroxyl groups is 1. The lowest BCUT2D eigenvalue weighted by Gasteiger charge is -2.27. The second-order valence-corrected chi connectivity index (χ2v) is 9.20. The molecule has 1 N–H and O–H groups in total. The van der Waals surface area contributed by atoms with Crippen LogP contribution in [0, 0.1) is 12.3 Å². The van der Waals surface area contributed by atoms with E-state index >= 15 is 0 Å². The molecule has 0 aromatic heterocycles. The molecule has 4 nitrogen and oxygen atoms in total. The zero-order valence-electron chi connectivity index (χ0n) is 15.5. The average Bonchev–Trinajstić information content (AvgIpc) is 2.93. The summed E-state index contributed by atoms with van der Waals surface area (Å²) >= 11 is 27.5. The van der Waals surface area contributed by atoms with Crippen LogP contribution in [0.25, 0.3) is 0 Å². The van der Waals surface area contributed by atoms with Crippen molar-refractivity contribution in [3.05, 3.63) is 67.6 Å². The third-order valence-electron chi connectivity index (χ3n) is 4.63. The van der Waals surface area contributed by atoms with E-state index in [4.69, 9.17) is 67.0 Å². The highest BCUT2D eigenvalue weighted by molar-refractivity contribution is 9.09. The first-order chi connectivity index (χ1) is 14.2. The number of benzene rings is 2. The molecule has 1 fully saturated rings. The van der Waals surface area contributed by atoms with Gasteiger partial charge in [-0.2, -0.15) is 0 Å². The lowest BCUT2D eigenvalue weighted by atomic mass is 9.97. The Hall–Kier alpha value is -0.520. The van der Waals surface area contributed by atoms with Crippen LogP contribution < -0.4 is 0 Å². The highest BCUT2D eigenvalue weighted by Gasteiger charge is 2.55. The van der Waals surface area contributed by atoms with Crippen LogP contribution in [0.5, 0.6) is 0 Å². The molecule has 0 radical (unpaired) electrons. The lowest BCUT2D eigenvalue weighted by molar-refractivity contribution is -0.0885. The number of halogens is 5. The van der Waals surface area contributed by atoms with Crippen LogP contribution in [0.4, 0.5) is 0 Å². The summed E-state index contributed by atoms with van der Waals surface area (Å²) < 4.78 is 17.5. The summed E-state index contributed by atoms with van der Waals surface area (Å²) in [4.78, 5) is 0. The maximum Gasteiger partial charge on any atom is 0.190 e. The van der Waals surface area contributed by atoms with Crippen molar-refractivity contribution in [1.29, 1.82) is 0 Å². The van der Waals surface area contributed by atoms with Gasteiger partial charge in [0.25, 0.3) is 0 Å². The van der Waals surface area contributed by atoms with E-state index in [1.807, 2.05) is 0 Å². The van der Waals surface area contributed by atoms with Crippen molar-refractivity contribution in [1.82, 2.24) is 0 Å². The van der Waals surface area contributed by atoms with Crippen LogP contribution in [0.15, 0.2) is 36.4 Å². The van der Waals surface area contributed by atoms with Crippen LogP contribution in [0.3, 0.4) is 0 Å². The monoisotopic (exact) mass is 552 g/mol. The van der Waals surface area contributed by atoms with Crippen LogP contribution in [-0.2, 0) is 27.4 Å². The fraction of sp³-hybridized carbons (Fsp3) is 0.333. The first kappa shape index (κ1) is 24.1. The van der Waals surface area contributed by atoms with Gasteiger partial charge in [0.2, 0.25) is 0 Å². The fourth-order valence-electron chi connectivity index (χ4n) is 2.99. The van der Waals surface area contributed by atoms with Gasteiger partial charge in [-0.3, -0.25) is 0 Å². The number of rotatable bonds is 7. The molecule has 30 heavy (non-hydrogen) atoms. The van der Waals surface area contributed by atoms with Gasteiger partial charge in [0.15, 0.2) is 10.6 Å². The van der Waals surface area contributed by atoms with Crippen molar-refractivity contribution in [2.45, 2.75) is 36.0 Å². The molecular formula is C21H17BrCl4O4. The first-order valence-electron chi connectivity index (χ1n) is 8.81. The molecule has 0 aliphatic carbocycles. The van der Waals surface area contributed by atoms with Gasteiger partial charge < -0.3 is 19.3 Å². The molecule has 3 rings (SSSR count). The standard InChI is InChI=1S/C21H17BrCl4O4/c1-2-21(27)19(29-10-13-4-6-15(24)8-17(13)26)18(30-20(21)22)11-28-9-12-3-5-14(23)7-16(12)25/h1,3-8,18-20,27H,9-11H2/t18-,19-,20?,21-/m1/s1. The summed E-state index contributed by atoms with van der Waals surface area (Å²) in [5, 5.41) is 12.1. The van der Waals surface area contributed by atoms with Gasteiger partial charge in [-0.1, -0.05) is 80.4 Å². The number of hydrogen-bond acceptors (Lipinski definition) is 4. The molecule has 0 bridgehead atoms. The van der Waals surface area contributed by atoms with Gasteiger partial charge in [0.05, 0.1) is 19.8 Å².